The van der Waals surface area contributed by atoms with E-state index in [0.29, 0.717) is 29.8 Å². The van der Waals surface area contributed by atoms with E-state index in [4.69, 9.17) is 4.74 Å². The number of benzene rings is 3. The number of ketones is 1. The van der Waals surface area contributed by atoms with Crippen LogP contribution < -0.4 is 4.74 Å². The Hall–Kier alpha value is -4.32. The highest BCUT2D eigenvalue weighted by atomic mass is 16.5. The molecule has 1 amide bonds. The van der Waals surface area contributed by atoms with Crippen molar-refractivity contribution < 1.29 is 19.4 Å². The maximum Gasteiger partial charge on any atom is 0.295 e. The number of aromatic nitrogens is 1. The third kappa shape index (κ3) is 3.73. The number of rotatable bonds is 6. The van der Waals surface area contributed by atoms with Crippen LogP contribution >= 0.6 is 0 Å². The molecule has 1 aromatic heterocycles. The number of Topliss-reactive ketones (excluding diaryl/α,β-unsaturated/α-hetero) is 1. The lowest BCUT2D eigenvalue weighted by molar-refractivity contribution is -0.139. The molecule has 0 bridgehead atoms. The maximum atomic E-state index is 13.2. The van der Waals surface area contributed by atoms with Gasteiger partial charge in [0.05, 0.1) is 18.7 Å². The lowest BCUT2D eigenvalue weighted by atomic mass is 9.95. The molecule has 5 rings (SSSR count). The number of likely N-dealkylation sites (tertiary alicyclic amines) is 1. The molecule has 1 aliphatic rings. The number of H-pyrrole nitrogens is 1. The summed E-state index contributed by atoms with van der Waals surface area (Å²) in [4.78, 5) is 31.2. The van der Waals surface area contributed by atoms with Crippen molar-refractivity contribution in [3.05, 3.63) is 107 Å². The summed E-state index contributed by atoms with van der Waals surface area (Å²) in [6.07, 6.45) is 2.49. The van der Waals surface area contributed by atoms with Gasteiger partial charge < -0.3 is 19.7 Å². The summed E-state index contributed by atoms with van der Waals surface area (Å²) >= 11 is 0. The van der Waals surface area contributed by atoms with Gasteiger partial charge in [-0.25, -0.2) is 0 Å². The number of hydrogen-bond acceptors (Lipinski definition) is 4. The highest BCUT2D eigenvalue weighted by Gasteiger charge is 2.46. The standard InChI is InChI=1S/C28H24N2O4/c1-34-21-11-7-10-19(16-21)25-24(26(31)18-8-3-2-4-9-18)27(32)28(33)30(25)15-14-20-17-29-23-13-6-5-12-22(20)23/h2-13,16-17,25,29,31H,14-15H2,1H3. The monoisotopic (exact) mass is 452 g/mol. The van der Waals surface area contributed by atoms with Crippen molar-refractivity contribution in [2.45, 2.75) is 12.5 Å². The lowest BCUT2D eigenvalue weighted by Crippen LogP contribution is -2.31. The smallest absolute Gasteiger partial charge is 0.295 e. The van der Waals surface area contributed by atoms with E-state index < -0.39 is 17.7 Å². The number of carbonyl (C=O) groups is 2. The molecule has 0 saturated carbocycles. The SMILES string of the molecule is COc1cccc(C2C(=C(O)c3ccccc3)C(=O)C(=O)N2CCc2c[nH]c3ccccc23)c1. The average Bonchev–Trinajstić information content (AvgIpc) is 3.41. The molecule has 1 saturated heterocycles. The van der Waals surface area contributed by atoms with Crippen LogP contribution in [-0.2, 0) is 16.0 Å². The third-order valence-electron chi connectivity index (χ3n) is 6.29. The van der Waals surface area contributed by atoms with E-state index in [9.17, 15) is 14.7 Å². The summed E-state index contributed by atoms with van der Waals surface area (Å²) < 4.78 is 5.38. The first-order valence-corrected chi connectivity index (χ1v) is 11.1. The topological polar surface area (TPSA) is 82.6 Å². The highest BCUT2D eigenvalue weighted by molar-refractivity contribution is 6.46. The fraction of sp³-hybridized carbons (Fsp3) is 0.143. The van der Waals surface area contributed by atoms with Crippen molar-refractivity contribution in [3.8, 4) is 5.75 Å². The molecule has 3 aromatic carbocycles. The number of methoxy groups -OCH3 is 1. The summed E-state index contributed by atoms with van der Waals surface area (Å²) in [5.41, 5.74) is 3.36. The molecule has 34 heavy (non-hydrogen) atoms. The Kier molecular flexibility index (Phi) is 5.64. The van der Waals surface area contributed by atoms with Crippen molar-refractivity contribution in [1.82, 2.24) is 9.88 Å². The first-order valence-electron chi connectivity index (χ1n) is 11.1. The second-order valence-electron chi connectivity index (χ2n) is 8.24. The summed E-state index contributed by atoms with van der Waals surface area (Å²) in [6, 6.07) is 23.3. The Morgan fingerprint density at radius 3 is 2.56 bits per heavy atom. The number of carbonyl (C=O) groups excluding carboxylic acids is 2. The number of fused-ring (bicyclic) bond motifs is 1. The normalized spacial score (nSPS) is 17.4. The molecular weight excluding hydrogens is 428 g/mol. The number of hydrogen-bond donors (Lipinski definition) is 2. The molecule has 6 nitrogen and oxygen atoms in total. The van der Waals surface area contributed by atoms with Gasteiger partial charge in [-0.2, -0.15) is 0 Å². The molecule has 6 heteroatoms. The molecule has 1 aliphatic heterocycles. The lowest BCUT2D eigenvalue weighted by Gasteiger charge is -2.25. The molecule has 2 N–H and O–H groups in total. The van der Waals surface area contributed by atoms with E-state index in [0.717, 1.165) is 16.5 Å². The van der Waals surface area contributed by atoms with E-state index in [1.54, 1.807) is 48.4 Å². The zero-order valence-electron chi connectivity index (χ0n) is 18.7. The van der Waals surface area contributed by atoms with Crippen LogP contribution in [0.5, 0.6) is 5.75 Å². The number of nitrogens with one attached hydrogen (secondary N) is 1. The third-order valence-corrected chi connectivity index (χ3v) is 6.29. The Labute approximate surface area is 197 Å². The van der Waals surface area contributed by atoms with Crippen molar-refractivity contribution in [2.24, 2.45) is 0 Å². The minimum absolute atomic E-state index is 0.0865. The van der Waals surface area contributed by atoms with E-state index >= 15 is 0 Å². The number of aromatic amines is 1. The Morgan fingerprint density at radius 1 is 1.00 bits per heavy atom. The predicted octanol–water partition coefficient (Wildman–Crippen LogP) is 4.84. The van der Waals surface area contributed by atoms with Gasteiger partial charge in [0.1, 0.15) is 11.5 Å². The van der Waals surface area contributed by atoms with Crippen LogP contribution in [0.15, 0.2) is 90.6 Å². The highest BCUT2D eigenvalue weighted by Crippen LogP contribution is 2.40. The largest absolute Gasteiger partial charge is 0.507 e. The van der Waals surface area contributed by atoms with Gasteiger partial charge in [-0.1, -0.05) is 60.7 Å². The number of para-hydroxylation sites is 1. The number of ether oxygens (including phenoxy) is 1. The number of amides is 1. The minimum Gasteiger partial charge on any atom is -0.507 e. The number of nitrogens with zero attached hydrogens (tertiary/aromatic N) is 1. The van der Waals surface area contributed by atoms with Crippen LogP contribution in [0.3, 0.4) is 0 Å². The maximum absolute atomic E-state index is 13.2. The quantitative estimate of drug-likeness (QED) is 0.249. The van der Waals surface area contributed by atoms with Crippen molar-refractivity contribution >= 4 is 28.4 Å². The fourth-order valence-electron chi connectivity index (χ4n) is 4.60. The zero-order valence-corrected chi connectivity index (χ0v) is 18.7. The Morgan fingerprint density at radius 2 is 1.76 bits per heavy atom. The summed E-state index contributed by atoms with van der Waals surface area (Å²) in [5.74, 6) is -0.876. The zero-order chi connectivity index (χ0) is 23.7. The van der Waals surface area contributed by atoms with E-state index in [1.165, 1.54) is 0 Å². The van der Waals surface area contributed by atoms with Gasteiger partial charge in [-0.05, 0) is 35.7 Å². The first-order chi connectivity index (χ1) is 16.6. The molecule has 4 aromatic rings. The first kappa shape index (κ1) is 21.5. The van der Waals surface area contributed by atoms with Crippen molar-refractivity contribution in [1.29, 1.82) is 0 Å². The van der Waals surface area contributed by atoms with Crippen LogP contribution in [0.25, 0.3) is 16.7 Å². The van der Waals surface area contributed by atoms with Crippen LogP contribution in [-0.4, -0.2) is 40.3 Å². The predicted molar refractivity (Wildman–Crippen MR) is 130 cm³/mol. The van der Waals surface area contributed by atoms with E-state index in [1.807, 2.05) is 48.7 Å². The molecule has 2 heterocycles. The van der Waals surface area contributed by atoms with Crippen molar-refractivity contribution in [3.63, 3.8) is 0 Å². The molecule has 0 spiro atoms. The van der Waals surface area contributed by atoms with Gasteiger partial charge in [0.15, 0.2) is 0 Å². The van der Waals surface area contributed by atoms with Crippen molar-refractivity contribution in [2.75, 3.05) is 13.7 Å². The molecule has 0 radical (unpaired) electrons. The molecule has 0 aliphatic carbocycles. The Bertz CT molecular complexity index is 1400. The van der Waals surface area contributed by atoms with Gasteiger partial charge in [-0.3, -0.25) is 9.59 Å². The fourth-order valence-corrected chi connectivity index (χ4v) is 4.60. The van der Waals surface area contributed by atoms with Gasteiger partial charge in [0, 0.05) is 29.2 Å². The molecule has 170 valence electrons. The minimum atomic E-state index is -0.722. The summed E-state index contributed by atoms with van der Waals surface area (Å²) in [5, 5.41) is 12.2. The van der Waals surface area contributed by atoms with Gasteiger partial charge in [0.25, 0.3) is 11.7 Å². The van der Waals surface area contributed by atoms with Gasteiger partial charge in [0.2, 0.25) is 0 Å². The van der Waals surface area contributed by atoms with E-state index in [-0.39, 0.29) is 11.3 Å². The summed E-state index contributed by atoms with van der Waals surface area (Å²) in [7, 11) is 1.57. The second-order valence-corrected chi connectivity index (χ2v) is 8.24. The van der Waals surface area contributed by atoms with Gasteiger partial charge in [-0.15, -0.1) is 0 Å². The van der Waals surface area contributed by atoms with Crippen LogP contribution in [0, 0.1) is 0 Å². The van der Waals surface area contributed by atoms with Gasteiger partial charge >= 0.3 is 0 Å². The van der Waals surface area contributed by atoms with E-state index in [2.05, 4.69) is 4.98 Å². The summed E-state index contributed by atoms with van der Waals surface area (Å²) in [6.45, 7) is 0.319. The molecule has 1 fully saturated rings. The molecule has 1 unspecified atom stereocenters. The van der Waals surface area contributed by atoms with Crippen LogP contribution in [0.1, 0.15) is 22.7 Å². The Balaban J connectivity index is 1.57. The van der Waals surface area contributed by atoms with Crippen LogP contribution in [0.2, 0.25) is 0 Å². The number of aliphatic hydroxyl groups excluding tert-OH is 1. The average molecular weight is 453 g/mol. The molecular formula is C28H24N2O4. The molecule has 1 atom stereocenters. The second kappa shape index (κ2) is 8.90. The van der Waals surface area contributed by atoms with Crippen LogP contribution in [0.4, 0.5) is 0 Å². The number of aliphatic hydroxyl groups is 1.